The minimum atomic E-state index is -0.925. The van der Waals surface area contributed by atoms with E-state index < -0.39 is 11.0 Å². The predicted octanol–water partition coefficient (Wildman–Crippen LogP) is 3.80. The van der Waals surface area contributed by atoms with Crippen LogP contribution in [0.25, 0.3) is 0 Å². The zero-order valence-electron chi connectivity index (χ0n) is 25.1. The normalized spacial score (nSPS) is 16.7. The van der Waals surface area contributed by atoms with Crippen molar-refractivity contribution in [2.45, 2.75) is 43.6 Å². The SMILES string of the molecule is CCOC(=O)CCN1CN(c2ccccc2)C2(CCN(CCC(C(=O)NC)(c3c#cccc3)c3ccccc3)CC2)C1=O. The molecule has 3 aromatic carbocycles. The highest BCUT2D eigenvalue weighted by molar-refractivity contribution is 5.94. The Morgan fingerprint density at radius 1 is 0.977 bits per heavy atom. The van der Waals surface area contributed by atoms with E-state index in [2.05, 4.69) is 27.2 Å². The standard InChI is InChI=1S/C35H40N4O4/c1-3-43-31(40)19-23-38-27-39(30-17-11-6-12-18-30)34(33(38)42)20-24-37(25-21-34)26-22-35(32(41)36-2,28-13-7-4-8-14-28)29-15-9-5-10-16-29/h4-9,11-15,17-18H,3,19-27H2,1-2H3,(H,36,41). The van der Waals surface area contributed by atoms with Gasteiger partial charge in [0.1, 0.15) is 11.0 Å². The van der Waals surface area contributed by atoms with Gasteiger partial charge in [-0.25, -0.2) is 0 Å². The van der Waals surface area contributed by atoms with Gasteiger partial charge in [-0.2, -0.15) is 0 Å². The molecule has 0 radical (unpaired) electrons. The lowest BCUT2D eigenvalue weighted by Gasteiger charge is -2.44. The van der Waals surface area contributed by atoms with E-state index in [0.29, 0.717) is 58.7 Å². The van der Waals surface area contributed by atoms with Crippen molar-refractivity contribution in [2.75, 3.05) is 51.4 Å². The molecule has 2 aliphatic rings. The topological polar surface area (TPSA) is 82.2 Å². The van der Waals surface area contributed by atoms with Crippen molar-refractivity contribution in [3.63, 3.8) is 0 Å². The van der Waals surface area contributed by atoms with E-state index in [1.807, 2.05) is 72.8 Å². The van der Waals surface area contributed by atoms with Gasteiger partial charge in [0.05, 0.1) is 19.7 Å². The van der Waals surface area contributed by atoms with Crippen LogP contribution in [0.2, 0.25) is 0 Å². The number of ether oxygens (including phenoxy) is 1. The van der Waals surface area contributed by atoms with Crippen LogP contribution in [-0.4, -0.2) is 79.6 Å². The summed E-state index contributed by atoms with van der Waals surface area (Å²) in [4.78, 5) is 46.2. The van der Waals surface area contributed by atoms with E-state index in [0.717, 1.165) is 16.8 Å². The number of amides is 2. The zero-order valence-corrected chi connectivity index (χ0v) is 25.1. The maximum absolute atomic E-state index is 14.0. The van der Waals surface area contributed by atoms with Gasteiger partial charge >= 0.3 is 5.97 Å². The number of nitrogens with zero attached hydrogens (tertiary/aromatic N) is 3. The third kappa shape index (κ3) is 5.95. The number of likely N-dealkylation sites (tertiary alicyclic amines) is 1. The molecule has 2 amide bonds. The smallest absolute Gasteiger partial charge is 0.307 e. The Hall–Kier alpha value is -4.35. The third-order valence-electron chi connectivity index (χ3n) is 8.95. The Kier molecular flexibility index (Phi) is 9.32. The summed E-state index contributed by atoms with van der Waals surface area (Å²) in [5, 5.41) is 2.91. The molecule has 5 rings (SSSR count). The van der Waals surface area contributed by atoms with Crippen LogP contribution in [0, 0.1) is 12.1 Å². The first-order valence-corrected chi connectivity index (χ1v) is 15.1. The molecule has 1 atom stereocenters. The van der Waals surface area contributed by atoms with Gasteiger partial charge in [-0.15, -0.1) is 0 Å². The van der Waals surface area contributed by atoms with Gasteiger partial charge in [0.15, 0.2) is 0 Å². The second kappa shape index (κ2) is 13.3. The summed E-state index contributed by atoms with van der Waals surface area (Å²) in [6.45, 7) is 4.99. The number of hydrogen-bond acceptors (Lipinski definition) is 6. The average Bonchev–Trinajstić information content (AvgIpc) is 3.32. The van der Waals surface area contributed by atoms with Crippen LogP contribution in [-0.2, 0) is 24.5 Å². The largest absolute Gasteiger partial charge is 0.466 e. The third-order valence-corrected chi connectivity index (χ3v) is 8.95. The lowest BCUT2D eigenvalue weighted by Crippen LogP contribution is -2.57. The fraction of sp³-hybridized carbons (Fsp3) is 0.400. The molecule has 8 heteroatoms. The van der Waals surface area contributed by atoms with Crippen molar-refractivity contribution in [1.82, 2.24) is 15.1 Å². The van der Waals surface area contributed by atoms with E-state index in [-0.39, 0.29) is 24.2 Å². The molecule has 1 unspecified atom stereocenters. The van der Waals surface area contributed by atoms with Crippen LogP contribution in [0.15, 0.2) is 78.9 Å². The number of carbonyl (C=O) groups excluding carboxylic acids is 3. The van der Waals surface area contributed by atoms with Crippen LogP contribution in [0.3, 0.4) is 0 Å². The molecule has 0 bridgehead atoms. The summed E-state index contributed by atoms with van der Waals surface area (Å²) in [6, 6.07) is 31.8. The molecule has 1 N–H and O–H groups in total. The van der Waals surface area contributed by atoms with Gasteiger partial charge in [0.2, 0.25) is 11.8 Å². The molecule has 43 heavy (non-hydrogen) atoms. The molecule has 0 saturated carbocycles. The van der Waals surface area contributed by atoms with E-state index >= 15 is 0 Å². The van der Waals surface area contributed by atoms with Crippen molar-refractivity contribution in [1.29, 1.82) is 0 Å². The van der Waals surface area contributed by atoms with Gasteiger partial charge in [-0.3, -0.25) is 14.4 Å². The molecular weight excluding hydrogens is 540 g/mol. The van der Waals surface area contributed by atoms with E-state index in [1.165, 1.54) is 0 Å². The fourth-order valence-electron chi connectivity index (χ4n) is 6.64. The second-order valence-corrected chi connectivity index (χ2v) is 11.2. The molecule has 2 heterocycles. The zero-order chi connectivity index (χ0) is 30.3. The minimum Gasteiger partial charge on any atom is -0.466 e. The first-order valence-electron chi connectivity index (χ1n) is 15.1. The Bertz CT molecular complexity index is 1340. The van der Waals surface area contributed by atoms with Gasteiger partial charge in [0, 0.05) is 37.9 Å². The molecule has 224 valence electrons. The molecule has 0 aromatic heterocycles. The molecule has 3 aromatic rings. The lowest BCUT2D eigenvalue weighted by atomic mass is 9.71. The lowest BCUT2D eigenvalue weighted by molar-refractivity contribution is -0.144. The van der Waals surface area contributed by atoms with Gasteiger partial charge in [0.25, 0.3) is 0 Å². The van der Waals surface area contributed by atoms with Crippen LogP contribution in [0.5, 0.6) is 0 Å². The minimum absolute atomic E-state index is 0.0683. The number of likely N-dealkylation sites (N-methyl/N-ethyl adjacent to an activating group) is 1. The highest BCUT2D eigenvalue weighted by Gasteiger charge is 2.54. The first-order chi connectivity index (χ1) is 20.9. The molecule has 0 aliphatic carbocycles. The number of para-hydroxylation sites is 1. The van der Waals surface area contributed by atoms with Crippen molar-refractivity contribution in [3.8, 4) is 0 Å². The van der Waals surface area contributed by atoms with Crippen molar-refractivity contribution < 1.29 is 19.1 Å². The number of esters is 1. The van der Waals surface area contributed by atoms with Crippen molar-refractivity contribution >= 4 is 23.5 Å². The van der Waals surface area contributed by atoms with Crippen LogP contribution >= 0.6 is 0 Å². The van der Waals surface area contributed by atoms with Crippen molar-refractivity contribution in [2.24, 2.45) is 0 Å². The summed E-state index contributed by atoms with van der Waals surface area (Å²) >= 11 is 0. The number of benzene rings is 2. The van der Waals surface area contributed by atoms with E-state index in [9.17, 15) is 14.4 Å². The van der Waals surface area contributed by atoms with Crippen LogP contribution in [0.1, 0.15) is 43.7 Å². The number of carbonyl (C=O) groups is 3. The van der Waals surface area contributed by atoms with Crippen LogP contribution in [0.4, 0.5) is 5.69 Å². The molecule has 1 spiro atoms. The Labute approximate surface area is 254 Å². The summed E-state index contributed by atoms with van der Waals surface area (Å²) in [5.74, 6) is -0.302. The molecule has 2 saturated heterocycles. The summed E-state index contributed by atoms with van der Waals surface area (Å²) in [5.41, 5.74) is 1.10. The molecule has 8 nitrogen and oxygen atoms in total. The Morgan fingerprint density at radius 3 is 2.30 bits per heavy atom. The Balaban J connectivity index is 1.35. The number of nitrogens with one attached hydrogen (secondary N) is 1. The quantitative estimate of drug-likeness (QED) is 0.348. The molecule has 2 fully saturated rings. The van der Waals surface area contributed by atoms with Crippen molar-refractivity contribution in [3.05, 3.63) is 102 Å². The number of piperidine rings is 1. The van der Waals surface area contributed by atoms with Crippen LogP contribution < -0.4 is 10.2 Å². The van der Waals surface area contributed by atoms with Gasteiger partial charge in [-0.05, 0) is 62.6 Å². The number of hydrogen-bond donors (Lipinski definition) is 1. The summed E-state index contributed by atoms with van der Waals surface area (Å²) in [6.07, 6.45) is 2.04. The monoisotopic (exact) mass is 580 g/mol. The average molecular weight is 581 g/mol. The predicted molar refractivity (Wildman–Crippen MR) is 165 cm³/mol. The van der Waals surface area contributed by atoms with Gasteiger partial charge < -0.3 is 24.8 Å². The maximum atomic E-state index is 14.0. The number of anilines is 1. The highest BCUT2D eigenvalue weighted by Crippen LogP contribution is 2.41. The molecule has 2 aliphatic heterocycles. The van der Waals surface area contributed by atoms with Gasteiger partial charge in [-0.1, -0.05) is 66.7 Å². The fourth-order valence-corrected chi connectivity index (χ4v) is 6.64. The highest BCUT2D eigenvalue weighted by atomic mass is 16.5. The first kappa shape index (κ1) is 30.1. The van der Waals surface area contributed by atoms with E-state index in [1.54, 1.807) is 24.9 Å². The second-order valence-electron chi connectivity index (χ2n) is 11.2. The van der Waals surface area contributed by atoms with E-state index in [4.69, 9.17) is 4.74 Å². The molecular formula is C35H40N4O4. The summed E-state index contributed by atoms with van der Waals surface area (Å²) in [7, 11) is 1.68. The number of rotatable bonds is 11. The maximum Gasteiger partial charge on any atom is 0.307 e. The Morgan fingerprint density at radius 2 is 1.67 bits per heavy atom. The summed E-state index contributed by atoms with van der Waals surface area (Å²) < 4.78 is 5.11.